The summed E-state index contributed by atoms with van der Waals surface area (Å²) in [6, 6.07) is 0. The number of hydrogen-bond acceptors (Lipinski definition) is 6. The molecule has 0 aliphatic rings. The van der Waals surface area contributed by atoms with E-state index < -0.39 is 6.10 Å². The van der Waals surface area contributed by atoms with E-state index in [0.717, 1.165) is 89.9 Å². The van der Waals surface area contributed by atoms with Crippen molar-refractivity contribution in [3.8, 4) is 0 Å². The Morgan fingerprint density at radius 1 is 0.267 bits per heavy atom. The molecular weight excluding hydrogens is 925 g/mol. The van der Waals surface area contributed by atoms with Crippen molar-refractivity contribution in [1.82, 2.24) is 0 Å². The molecule has 1 atom stereocenters. The molecule has 75 heavy (non-hydrogen) atoms. The molecule has 0 aromatic rings. The SMILES string of the molecule is CCC/C=C\C/C=C\CCCCCCCC(=O)OCC(COC(=O)CCCCCCCCCCCCC/C=C\C/C=C\CCCCCCC)OC(=O)CCCCCCCCCCCCCCCCCCCCCCC. The van der Waals surface area contributed by atoms with Gasteiger partial charge < -0.3 is 14.2 Å². The van der Waals surface area contributed by atoms with Gasteiger partial charge in [-0.2, -0.15) is 0 Å². The molecule has 0 N–H and O–H groups in total. The van der Waals surface area contributed by atoms with Gasteiger partial charge in [-0.15, -0.1) is 0 Å². The van der Waals surface area contributed by atoms with E-state index >= 15 is 0 Å². The van der Waals surface area contributed by atoms with Crippen LogP contribution < -0.4 is 0 Å². The van der Waals surface area contributed by atoms with Crippen molar-refractivity contribution in [2.75, 3.05) is 13.2 Å². The fraction of sp³-hybridized carbons (Fsp3) is 0.841. The highest BCUT2D eigenvalue weighted by Gasteiger charge is 2.19. The fourth-order valence-electron chi connectivity index (χ4n) is 9.81. The van der Waals surface area contributed by atoms with Gasteiger partial charge in [0.2, 0.25) is 0 Å². The lowest BCUT2D eigenvalue weighted by molar-refractivity contribution is -0.167. The van der Waals surface area contributed by atoms with Crippen LogP contribution in [0.15, 0.2) is 48.6 Å². The van der Waals surface area contributed by atoms with Crippen LogP contribution in [0.1, 0.15) is 355 Å². The van der Waals surface area contributed by atoms with E-state index in [1.807, 2.05) is 0 Å². The number of hydrogen-bond donors (Lipinski definition) is 0. The summed E-state index contributed by atoms with van der Waals surface area (Å²) in [5.41, 5.74) is 0. The number of esters is 3. The fourth-order valence-corrected chi connectivity index (χ4v) is 9.81. The molecule has 0 bridgehead atoms. The zero-order chi connectivity index (χ0) is 54.3. The Morgan fingerprint density at radius 2 is 0.507 bits per heavy atom. The van der Waals surface area contributed by atoms with Gasteiger partial charge in [0, 0.05) is 19.3 Å². The molecule has 6 heteroatoms. The van der Waals surface area contributed by atoms with Crippen molar-refractivity contribution in [1.29, 1.82) is 0 Å². The second kappa shape index (κ2) is 63.9. The average Bonchev–Trinajstić information content (AvgIpc) is 3.41. The summed E-state index contributed by atoms with van der Waals surface area (Å²) in [5, 5.41) is 0. The minimum absolute atomic E-state index is 0.0751. The highest BCUT2D eigenvalue weighted by Crippen LogP contribution is 2.18. The van der Waals surface area contributed by atoms with Crippen LogP contribution in [-0.2, 0) is 28.6 Å². The number of unbranched alkanes of at least 4 members (excludes halogenated alkanes) is 42. The largest absolute Gasteiger partial charge is 0.462 e. The molecule has 0 spiro atoms. The highest BCUT2D eigenvalue weighted by molar-refractivity contribution is 5.71. The van der Waals surface area contributed by atoms with Crippen LogP contribution >= 0.6 is 0 Å². The van der Waals surface area contributed by atoms with Crippen LogP contribution in [-0.4, -0.2) is 37.2 Å². The van der Waals surface area contributed by atoms with Gasteiger partial charge in [-0.25, -0.2) is 0 Å². The van der Waals surface area contributed by atoms with Gasteiger partial charge in [-0.05, 0) is 77.0 Å². The number of allylic oxidation sites excluding steroid dienone is 8. The Kier molecular flexibility index (Phi) is 61.7. The molecule has 0 aromatic heterocycles. The molecule has 0 rings (SSSR count). The second-order valence-corrected chi connectivity index (χ2v) is 22.4. The van der Waals surface area contributed by atoms with Crippen molar-refractivity contribution in [3.63, 3.8) is 0 Å². The van der Waals surface area contributed by atoms with Crippen LogP contribution in [0.2, 0.25) is 0 Å². The van der Waals surface area contributed by atoms with Crippen LogP contribution in [0.3, 0.4) is 0 Å². The van der Waals surface area contributed by atoms with Gasteiger partial charge in [-0.1, -0.05) is 307 Å². The molecule has 0 fully saturated rings. The molecule has 1 unspecified atom stereocenters. The molecule has 0 aliphatic carbocycles. The van der Waals surface area contributed by atoms with Crippen LogP contribution in [0.25, 0.3) is 0 Å². The first kappa shape index (κ1) is 72.4. The lowest BCUT2D eigenvalue weighted by Gasteiger charge is -2.18. The van der Waals surface area contributed by atoms with Crippen molar-refractivity contribution >= 4 is 17.9 Å². The standard InChI is InChI=1S/C69H126O6/c1-4-7-10-13-16-19-22-25-27-29-31-33-34-36-37-39-41-44-47-50-53-56-59-62-68(71)74-65-66(64-73-67(70)61-58-55-52-49-46-43-24-21-18-15-12-9-6-3)75-69(72)63-60-57-54-51-48-45-42-40-38-35-32-30-28-26-23-20-17-14-11-8-5-2/h12,15,21-22,24-25,29,31,66H,4-11,13-14,16-20,23,26-28,30,32-65H2,1-3H3/b15-12-,24-21-,25-22-,31-29-. The molecule has 0 aromatic carbocycles. The first-order valence-electron chi connectivity index (χ1n) is 33.1. The Bertz CT molecular complexity index is 1300. The summed E-state index contributed by atoms with van der Waals surface area (Å²) >= 11 is 0. The molecule has 0 amide bonds. The maximum Gasteiger partial charge on any atom is 0.306 e. The number of rotatable bonds is 61. The topological polar surface area (TPSA) is 78.9 Å². The van der Waals surface area contributed by atoms with Crippen molar-refractivity contribution in [3.05, 3.63) is 48.6 Å². The van der Waals surface area contributed by atoms with Gasteiger partial charge >= 0.3 is 17.9 Å². The van der Waals surface area contributed by atoms with Crippen LogP contribution in [0, 0.1) is 0 Å². The van der Waals surface area contributed by atoms with E-state index in [0.29, 0.717) is 19.3 Å². The van der Waals surface area contributed by atoms with Crippen LogP contribution in [0.4, 0.5) is 0 Å². The van der Waals surface area contributed by atoms with Crippen molar-refractivity contribution in [2.24, 2.45) is 0 Å². The maximum absolute atomic E-state index is 12.9. The van der Waals surface area contributed by atoms with Gasteiger partial charge in [-0.3, -0.25) is 14.4 Å². The molecular formula is C69H126O6. The Labute approximate surface area is 467 Å². The average molecular weight is 1050 g/mol. The minimum atomic E-state index is -0.778. The molecule has 0 saturated heterocycles. The normalized spacial score (nSPS) is 12.3. The van der Waals surface area contributed by atoms with Gasteiger partial charge in [0.25, 0.3) is 0 Å². The van der Waals surface area contributed by atoms with E-state index in [-0.39, 0.29) is 31.1 Å². The summed E-state index contributed by atoms with van der Waals surface area (Å²) in [6.45, 7) is 6.61. The third-order valence-electron chi connectivity index (χ3n) is 14.8. The predicted molar refractivity (Wildman–Crippen MR) is 325 cm³/mol. The molecule has 0 radical (unpaired) electrons. The monoisotopic (exact) mass is 1050 g/mol. The number of carbonyl (C=O) groups excluding carboxylic acids is 3. The van der Waals surface area contributed by atoms with E-state index in [4.69, 9.17) is 14.2 Å². The third-order valence-corrected chi connectivity index (χ3v) is 14.8. The first-order chi connectivity index (χ1) is 37.0. The number of ether oxygens (including phenoxy) is 3. The zero-order valence-corrected chi connectivity index (χ0v) is 50.3. The van der Waals surface area contributed by atoms with E-state index in [1.165, 1.54) is 225 Å². The summed E-state index contributed by atoms with van der Waals surface area (Å²) < 4.78 is 16.9. The summed E-state index contributed by atoms with van der Waals surface area (Å²) in [5.74, 6) is -0.869. The summed E-state index contributed by atoms with van der Waals surface area (Å²) in [7, 11) is 0. The number of carbonyl (C=O) groups is 3. The van der Waals surface area contributed by atoms with Crippen molar-refractivity contribution < 1.29 is 28.6 Å². The first-order valence-corrected chi connectivity index (χ1v) is 33.1. The lowest BCUT2D eigenvalue weighted by atomic mass is 10.0. The highest BCUT2D eigenvalue weighted by atomic mass is 16.6. The van der Waals surface area contributed by atoms with Gasteiger partial charge in [0.05, 0.1) is 0 Å². The molecule has 0 saturated carbocycles. The van der Waals surface area contributed by atoms with E-state index in [2.05, 4.69) is 69.4 Å². The minimum Gasteiger partial charge on any atom is -0.462 e. The summed E-state index contributed by atoms with van der Waals surface area (Å²) in [6.07, 6.45) is 79.8. The molecule has 0 heterocycles. The lowest BCUT2D eigenvalue weighted by Crippen LogP contribution is -2.30. The van der Waals surface area contributed by atoms with Crippen molar-refractivity contribution in [2.45, 2.75) is 361 Å². The maximum atomic E-state index is 12.9. The molecule has 0 aliphatic heterocycles. The van der Waals surface area contributed by atoms with Crippen LogP contribution in [0.5, 0.6) is 0 Å². The summed E-state index contributed by atoms with van der Waals surface area (Å²) in [4.78, 5) is 38.3. The molecule has 6 nitrogen and oxygen atoms in total. The molecule has 438 valence electrons. The predicted octanol–water partition coefficient (Wildman–Crippen LogP) is 22.6. The van der Waals surface area contributed by atoms with E-state index in [1.54, 1.807) is 0 Å². The quantitative estimate of drug-likeness (QED) is 0.0261. The Morgan fingerprint density at radius 3 is 0.787 bits per heavy atom. The van der Waals surface area contributed by atoms with E-state index in [9.17, 15) is 14.4 Å². The Hall–Kier alpha value is -2.63. The second-order valence-electron chi connectivity index (χ2n) is 22.4. The van der Waals surface area contributed by atoms with Gasteiger partial charge in [0.1, 0.15) is 13.2 Å². The smallest absolute Gasteiger partial charge is 0.306 e. The Balaban J connectivity index is 4.28. The van der Waals surface area contributed by atoms with Gasteiger partial charge in [0.15, 0.2) is 6.10 Å². The third kappa shape index (κ3) is 62.1. The zero-order valence-electron chi connectivity index (χ0n) is 50.3.